The third-order valence-corrected chi connectivity index (χ3v) is 2.02. The predicted octanol–water partition coefficient (Wildman–Crippen LogP) is 1.36. The highest BCUT2D eigenvalue weighted by atomic mass is 35.5. The van der Waals surface area contributed by atoms with E-state index >= 15 is 0 Å². The van der Waals surface area contributed by atoms with E-state index in [1.165, 1.54) is 17.6 Å². The standard InChI is InChI=1S/C9H7ClN2O2/c1-14-9-4-2-3-7-11-6(10)5-8(13)12(7)9/h2-5H,1H3. The second kappa shape index (κ2) is 3.31. The molecule has 0 unspecified atom stereocenters. The highest BCUT2D eigenvalue weighted by Gasteiger charge is 2.04. The van der Waals surface area contributed by atoms with E-state index in [0.29, 0.717) is 11.5 Å². The molecule has 2 aromatic rings. The van der Waals surface area contributed by atoms with E-state index in [4.69, 9.17) is 16.3 Å². The van der Waals surface area contributed by atoms with Crippen molar-refractivity contribution < 1.29 is 4.74 Å². The van der Waals surface area contributed by atoms with Gasteiger partial charge in [-0.05, 0) is 12.1 Å². The van der Waals surface area contributed by atoms with Gasteiger partial charge in [0, 0.05) is 6.07 Å². The fourth-order valence-corrected chi connectivity index (χ4v) is 1.43. The Kier molecular flexibility index (Phi) is 2.13. The summed E-state index contributed by atoms with van der Waals surface area (Å²) < 4.78 is 6.38. The normalized spacial score (nSPS) is 10.4. The van der Waals surface area contributed by atoms with Gasteiger partial charge in [0.2, 0.25) is 5.88 Å². The number of rotatable bonds is 1. The van der Waals surface area contributed by atoms with Gasteiger partial charge < -0.3 is 4.74 Å². The number of ether oxygens (including phenoxy) is 1. The first-order valence-electron chi connectivity index (χ1n) is 3.94. The van der Waals surface area contributed by atoms with E-state index in [2.05, 4.69) is 4.98 Å². The molecule has 0 spiro atoms. The van der Waals surface area contributed by atoms with Crippen LogP contribution in [0.25, 0.3) is 5.65 Å². The van der Waals surface area contributed by atoms with Crippen LogP contribution in [0.15, 0.2) is 29.1 Å². The smallest absolute Gasteiger partial charge is 0.262 e. The van der Waals surface area contributed by atoms with Crippen LogP contribution in [0, 0.1) is 0 Å². The minimum atomic E-state index is -0.252. The van der Waals surface area contributed by atoms with Gasteiger partial charge in [-0.25, -0.2) is 9.38 Å². The summed E-state index contributed by atoms with van der Waals surface area (Å²) in [6, 6.07) is 6.37. The lowest BCUT2D eigenvalue weighted by Crippen LogP contribution is -2.15. The van der Waals surface area contributed by atoms with Crippen molar-refractivity contribution in [2.24, 2.45) is 0 Å². The van der Waals surface area contributed by atoms with Gasteiger partial charge in [-0.3, -0.25) is 4.79 Å². The van der Waals surface area contributed by atoms with Gasteiger partial charge in [0.05, 0.1) is 7.11 Å². The number of halogens is 1. The van der Waals surface area contributed by atoms with Crippen LogP contribution in [0.4, 0.5) is 0 Å². The molecule has 0 amide bonds. The highest BCUT2D eigenvalue weighted by molar-refractivity contribution is 6.29. The van der Waals surface area contributed by atoms with Gasteiger partial charge in [-0.15, -0.1) is 0 Å². The maximum Gasteiger partial charge on any atom is 0.262 e. The molecular formula is C9H7ClN2O2. The monoisotopic (exact) mass is 210 g/mol. The molecule has 0 N–H and O–H groups in total. The lowest BCUT2D eigenvalue weighted by atomic mass is 10.4. The number of nitrogens with zero attached hydrogens (tertiary/aromatic N) is 2. The third kappa shape index (κ3) is 1.33. The zero-order valence-electron chi connectivity index (χ0n) is 7.40. The first-order valence-corrected chi connectivity index (χ1v) is 4.32. The Morgan fingerprint density at radius 2 is 2.29 bits per heavy atom. The summed E-state index contributed by atoms with van der Waals surface area (Å²) in [6.45, 7) is 0. The number of hydrogen-bond acceptors (Lipinski definition) is 3. The van der Waals surface area contributed by atoms with Crippen molar-refractivity contribution in [3.8, 4) is 5.88 Å². The van der Waals surface area contributed by atoms with Crippen LogP contribution in [0.1, 0.15) is 0 Å². The van der Waals surface area contributed by atoms with Crippen molar-refractivity contribution in [2.75, 3.05) is 7.11 Å². The quantitative estimate of drug-likeness (QED) is 0.668. The molecule has 0 bridgehead atoms. The first kappa shape index (κ1) is 9.02. The third-order valence-electron chi connectivity index (χ3n) is 1.83. The molecular weight excluding hydrogens is 204 g/mol. The van der Waals surface area contributed by atoms with Crippen molar-refractivity contribution in [2.45, 2.75) is 0 Å². The first-order chi connectivity index (χ1) is 6.72. The van der Waals surface area contributed by atoms with E-state index in [1.807, 2.05) is 0 Å². The van der Waals surface area contributed by atoms with Gasteiger partial charge in [-0.2, -0.15) is 0 Å². The Bertz CT molecular complexity index is 536. The van der Waals surface area contributed by atoms with Crippen LogP contribution in [0.2, 0.25) is 5.15 Å². The van der Waals surface area contributed by atoms with Crippen molar-refractivity contribution in [3.63, 3.8) is 0 Å². The fourth-order valence-electron chi connectivity index (χ4n) is 1.25. The van der Waals surface area contributed by atoms with Crippen molar-refractivity contribution in [1.82, 2.24) is 9.38 Å². The molecule has 5 heteroatoms. The second-order valence-corrected chi connectivity index (χ2v) is 3.07. The average Bonchev–Trinajstić information content (AvgIpc) is 2.16. The van der Waals surface area contributed by atoms with Crippen LogP contribution in [0.3, 0.4) is 0 Å². The van der Waals surface area contributed by atoms with E-state index in [0.717, 1.165) is 0 Å². The summed E-state index contributed by atoms with van der Waals surface area (Å²) in [5, 5.41) is 0.184. The van der Waals surface area contributed by atoms with Crippen LogP contribution >= 0.6 is 11.6 Å². The Morgan fingerprint density at radius 3 is 3.00 bits per heavy atom. The molecule has 72 valence electrons. The lowest BCUT2D eigenvalue weighted by Gasteiger charge is -2.05. The second-order valence-electron chi connectivity index (χ2n) is 2.68. The minimum absolute atomic E-state index is 0.184. The zero-order chi connectivity index (χ0) is 10.1. The van der Waals surface area contributed by atoms with Gasteiger partial charge in [-0.1, -0.05) is 17.7 Å². The Hall–Kier alpha value is -1.55. The Morgan fingerprint density at radius 1 is 1.50 bits per heavy atom. The van der Waals surface area contributed by atoms with Crippen molar-refractivity contribution >= 4 is 17.2 Å². The molecule has 0 radical (unpaired) electrons. The SMILES string of the molecule is COc1cccc2nc(Cl)cc(=O)n12. The number of pyridine rings is 1. The van der Waals surface area contributed by atoms with E-state index < -0.39 is 0 Å². The van der Waals surface area contributed by atoms with Crippen molar-refractivity contribution in [3.05, 3.63) is 39.8 Å². The topological polar surface area (TPSA) is 43.6 Å². The minimum Gasteiger partial charge on any atom is -0.482 e. The van der Waals surface area contributed by atoms with Gasteiger partial charge in [0.15, 0.2) is 0 Å². The number of aromatic nitrogens is 2. The largest absolute Gasteiger partial charge is 0.482 e. The summed E-state index contributed by atoms with van der Waals surface area (Å²) in [5.41, 5.74) is 0.222. The Balaban J connectivity index is 2.94. The lowest BCUT2D eigenvalue weighted by molar-refractivity contribution is 0.390. The predicted molar refractivity (Wildman–Crippen MR) is 53.0 cm³/mol. The summed E-state index contributed by atoms with van der Waals surface area (Å²) >= 11 is 5.65. The molecule has 0 aliphatic heterocycles. The highest BCUT2D eigenvalue weighted by Crippen LogP contribution is 2.11. The fraction of sp³-hybridized carbons (Fsp3) is 0.111. The Labute approximate surface area is 84.7 Å². The molecule has 2 rings (SSSR count). The number of fused-ring (bicyclic) bond motifs is 1. The van der Waals surface area contributed by atoms with Crippen LogP contribution in [0.5, 0.6) is 5.88 Å². The molecule has 2 heterocycles. The zero-order valence-corrected chi connectivity index (χ0v) is 8.15. The summed E-state index contributed by atoms with van der Waals surface area (Å²) in [5.74, 6) is 0.441. The van der Waals surface area contributed by atoms with Crippen LogP contribution in [-0.2, 0) is 0 Å². The molecule has 0 atom stereocenters. The summed E-state index contributed by atoms with van der Waals surface area (Å²) in [7, 11) is 1.50. The maximum absolute atomic E-state index is 11.5. The maximum atomic E-state index is 11.5. The molecule has 2 aromatic heterocycles. The van der Waals surface area contributed by atoms with Gasteiger partial charge >= 0.3 is 0 Å². The summed E-state index contributed by atoms with van der Waals surface area (Å²) in [6.07, 6.45) is 0. The molecule has 14 heavy (non-hydrogen) atoms. The molecule has 0 saturated carbocycles. The molecule has 0 aliphatic carbocycles. The van der Waals surface area contributed by atoms with E-state index in [9.17, 15) is 4.79 Å². The van der Waals surface area contributed by atoms with E-state index in [-0.39, 0.29) is 10.7 Å². The average molecular weight is 211 g/mol. The molecule has 4 nitrogen and oxygen atoms in total. The van der Waals surface area contributed by atoms with Crippen LogP contribution in [-0.4, -0.2) is 16.5 Å². The molecule has 0 aliphatic rings. The number of methoxy groups -OCH3 is 1. The van der Waals surface area contributed by atoms with Gasteiger partial charge in [0.25, 0.3) is 5.56 Å². The van der Waals surface area contributed by atoms with Crippen LogP contribution < -0.4 is 10.3 Å². The van der Waals surface area contributed by atoms with Crippen molar-refractivity contribution in [1.29, 1.82) is 0 Å². The molecule has 0 fully saturated rings. The molecule has 0 aromatic carbocycles. The van der Waals surface area contributed by atoms with E-state index in [1.54, 1.807) is 18.2 Å². The molecule has 0 saturated heterocycles. The summed E-state index contributed by atoms with van der Waals surface area (Å²) in [4.78, 5) is 15.5. The van der Waals surface area contributed by atoms with Gasteiger partial charge in [0.1, 0.15) is 10.8 Å². The number of hydrogen-bond donors (Lipinski definition) is 0.